The Labute approximate surface area is 179 Å². The predicted molar refractivity (Wildman–Crippen MR) is 119 cm³/mol. The fourth-order valence-corrected chi connectivity index (χ4v) is 4.40. The standard InChI is InChI=1S/C26H31NO3/c1-26(2,3)30-25(28)27-22-12-13-23(27)16-21(15-22)14-20-10-7-11-24(17-20)29-18-19-8-5-4-6-9-19/h4-11,15,17,22-23H,12-14,16,18H2,1-3H3. The number of ether oxygens (including phenoxy) is 2. The molecule has 4 heteroatoms. The third kappa shape index (κ3) is 5.05. The van der Waals surface area contributed by atoms with E-state index < -0.39 is 5.60 Å². The first-order valence-corrected chi connectivity index (χ1v) is 10.8. The molecule has 0 aliphatic carbocycles. The van der Waals surface area contributed by atoms with Crippen molar-refractivity contribution in [3.63, 3.8) is 0 Å². The van der Waals surface area contributed by atoms with Crippen LogP contribution < -0.4 is 4.74 Å². The maximum absolute atomic E-state index is 12.6. The van der Waals surface area contributed by atoms with E-state index in [0.717, 1.165) is 37.0 Å². The van der Waals surface area contributed by atoms with Crippen LogP contribution in [0.15, 0.2) is 66.2 Å². The SMILES string of the molecule is CC(C)(C)OC(=O)N1C2C=C(Cc3cccc(OCc4ccccc4)c3)CC1CC2. The van der Waals surface area contributed by atoms with Crippen molar-refractivity contribution in [1.82, 2.24) is 4.90 Å². The number of nitrogens with zero attached hydrogens (tertiary/aromatic N) is 1. The monoisotopic (exact) mass is 405 g/mol. The Morgan fingerprint density at radius 2 is 1.80 bits per heavy atom. The van der Waals surface area contributed by atoms with Crippen molar-refractivity contribution >= 4 is 6.09 Å². The molecule has 2 heterocycles. The second kappa shape index (κ2) is 8.55. The Morgan fingerprint density at radius 3 is 2.53 bits per heavy atom. The van der Waals surface area contributed by atoms with E-state index in [0.29, 0.717) is 6.61 Å². The highest BCUT2D eigenvalue weighted by Gasteiger charge is 2.41. The van der Waals surface area contributed by atoms with Crippen LogP contribution in [0.1, 0.15) is 51.2 Å². The molecule has 2 aliphatic heterocycles. The third-order valence-corrected chi connectivity index (χ3v) is 5.65. The van der Waals surface area contributed by atoms with Crippen molar-refractivity contribution in [3.8, 4) is 5.75 Å². The van der Waals surface area contributed by atoms with Gasteiger partial charge in [0, 0.05) is 6.04 Å². The number of carbonyl (C=O) groups is 1. The van der Waals surface area contributed by atoms with Crippen molar-refractivity contribution in [2.45, 2.75) is 70.7 Å². The van der Waals surface area contributed by atoms with E-state index in [-0.39, 0.29) is 18.2 Å². The van der Waals surface area contributed by atoms with Crippen LogP contribution in [-0.4, -0.2) is 28.7 Å². The second-order valence-corrected chi connectivity index (χ2v) is 9.31. The average molecular weight is 406 g/mol. The summed E-state index contributed by atoms with van der Waals surface area (Å²) in [6.07, 6.45) is 5.99. The molecule has 2 unspecified atom stereocenters. The van der Waals surface area contributed by atoms with Crippen LogP contribution in [0.4, 0.5) is 4.79 Å². The Kier molecular flexibility index (Phi) is 5.85. The summed E-state index contributed by atoms with van der Waals surface area (Å²) in [6, 6.07) is 19.0. The zero-order valence-electron chi connectivity index (χ0n) is 18.1. The van der Waals surface area contributed by atoms with Crippen LogP contribution in [0.5, 0.6) is 5.75 Å². The number of rotatable bonds is 5. The quantitative estimate of drug-likeness (QED) is 0.581. The molecule has 30 heavy (non-hydrogen) atoms. The molecule has 0 spiro atoms. The van der Waals surface area contributed by atoms with Crippen LogP contribution in [0.2, 0.25) is 0 Å². The number of benzene rings is 2. The minimum atomic E-state index is -0.458. The molecule has 158 valence electrons. The van der Waals surface area contributed by atoms with Gasteiger partial charge in [-0.2, -0.15) is 0 Å². The van der Waals surface area contributed by atoms with Gasteiger partial charge in [-0.05, 0) is 69.7 Å². The van der Waals surface area contributed by atoms with Gasteiger partial charge in [-0.15, -0.1) is 0 Å². The van der Waals surface area contributed by atoms with E-state index in [2.05, 4.69) is 36.4 Å². The molecule has 4 rings (SSSR count). The number of carbonyl (C=O) groups excluding carboxylic acids is 1. The van der Waals surface area contributed by atoms with E-state index in [1.54, 1.807) is 0 Å². The summed E-state index contributed by atoms with van der Waals surface area (Å²) in [5, 5.41) is 0. The molecule has 2 aromatic carbocycles. The minimum Gasteiger partial charge on any atom is -0.489 e. The van der Waals surface area contributed by atoms with Crippen molar-refractivity contribution in [2.24, 2.45) is 0 Å². The van der Waals surface area contributed by atoms with Crippen molar-refractivity contribution < 1.29 is 14.3 Å². The molecule has 0 radical (unpaired) electrons. The summed E-state index contributed by atoms with van der Waals surface area (Å²) in [5.41, 5.74) is 3.36. The van der Waals surface area contributed by atoms with Gasteiger partial charge in [-0.1, -0.05) is 54.1 Å². The van der Waals surface area contributed by atoms with Crippen molar-refractivity contribution in [2.75, 3.05) is 0 Å². The van der Waals surface area contributed by atoms with Gasteiger partial charge in [0.05, 0.1) is 6.04 Å². The summed E-state index contributed by atoms with van der Waals surface area (Å²) in [7, 11) is 0. The molecule has 2 atom stereocenters. The van der Waals surface area contributed by atoms with E-state index in [9.17, 15) is 4.79 Å². The van der Waals surface area contributed by atoms with Crippen LogP contribution in [0, 0.1) is 0 Å². The summed E-state index contributed by atoms with van der Waals surface area (Å²) in [6.45, 7) is 6.34. The van der Waals surface area contributed by atoms with E-state index in [4.69, 9.17) is 9.47 Å². The third-order valence-electron chi connectivity index (χ3n) is 5.65. The number of fused-ring (bicyclic) bond motifs is 2. The summed E-state index contributed by atoms with van der Waals surface area (Å²) >= 11 is 0. The lowest BCUT2D eigenvalue weighted by atomic mass is 9.95. The first-order valence-electron chi connectivity index (χ1n) is 10.8. The topological polar surface area (TPSA) is 38.8 Å². The fraction of sp³-hybridized carbons (Fsp3) is 0.423. The molecule has 4 nitrogen and oxygen atoms in total. The molecule has 2 aliphatic rings. The Hall–Kier alpha value is -2.75. The number of amides is 1. The first kappa shape index (κ1) is 20.5. The van der Waals surface area contributed by atoms with Crippen LogP contribution in [-0.2, 0) is 17.8 Å². The molecule has 0 N–H and O–H groups in total. The van der Waals surface area contributed by atoms with Gasteiger partial charge in [0.25, 0.3) is 0 Å². The predicted octanol–water partition coefficient (Wildman–Crippen LogP) is 5.91. The second-order valence-electron chi connectivity index (χ2n) is 9.31. The fourth-order valence-electron chi connectivity index (χ4n) is 4.40. The molecule has 0 saturated carbocycles. The van der Waals surface area contributed by atoms with Gasteiger partial charge in [-0.25, -0.2) is 4.79 Å². The van der Waals surface area contributed by atoms with Gasteiger partial charge < -0.3 is 9.47 Å². The zero-order chi connectivity index (χ0) is 21.1. The minimum absolute atomic E-state index is 0.158. The van der Waals surface area contributed by atoms with Gasteiger partial charge in [0.1, 0.15) is 18.0 Å². The largest absolute Gasteiger partial charge is 0.489 e. The lowest BCUT2D eigenvalue weighted by Crippen LogP contribution is -2.45. The molecular weight excluding hydrogens is 374 g/mol. The highest BCUT2D eigenvalue weighted by Crippen LogP contribution is 2.37. The van der Waals surface area contributed by atoms with Gasteiger partial charge in [0.2, 0.25) is 0 Å². The molecule has 2 aromatic rings. The molecule has 2 bridgehead atoms. The normalized spacial score (nSPS) is 20.6. The Balaban J connectivity index is 1.39. The lowest BCUT2D eigenvalue weighted by Gasteiger charge is -2.35. The van der Waals surface area contributed by atoms with Gasteiger partial charge in [-0.3, -0.25) is 4.90 Å². The molecular formula is C26H31NO3. The maximum atomic E-state index is 12.6. The molecule has 1 amide bonds. The van der Waals surface area contributed by atoms with Gasteiger partial charge in [0.15, 0.2) is 0 Å². The average Bonchev–Trinajstić information content (AvgIpc) is 2.97. The lowest BCUT2D eigenvalue weighted by molar-refractivity contribution is 0.0166. The smallest absolute Gasteiger partial charge is 0.411 e. The van der Waals surface area contributed by atoms with Gasteiger partial charge >= 0.3 is 6.09 Å². The summed E-state index contributed by atoms with van der Waals surface area (Å²) < 4.78 is 11.6. The van der Waals surface area contributed by atoms with E-state index in [1.165, 1.54) is 11.1 Å². The van der Waals surface area contributed by atoms with Crippen molar-refractivity contribution in [1.29, 1.82) is 0 Å². The maximum Gasteiger partial charge on any atom is 0.411 e. The van der Waals surface area contributed by atoms with Crippen LogP contribution >= 0.6 is 0 Å². The molecule has 1 fully saturated rings. The molecule has 1 saturated heterocycles. The Morgan fingerprint density at radius 1 is 1.03 bits per heavy atom. The number of hydrogen-bond acceptors (Lipinski definition) is 3. The number of hydrogen-bond donors (Lipinski definition) is 0. The zero-order valence-corrected chi connectivity index (χ0v) is 18.1. The summed E-state index contributed by atoms with van der Waals surface area (Å²) in [4.78, 5) is 14.6. The van der Waals surface area contributed by atoms with E-state index >= 15 is 0 Å². The highest BCUT2D eigenvalue weighted by molar-refractivity contribution is 5.70. The Bertz CT molecular complexity index is 913. The van der Waals surface area contributed by atoms with Crippen molar-refractivity contribution in [3.05, 3.63) is 77.4 Å². The highest BCUT2D eigenvalue weighted by atomic mass is 16.6. The van der Waals surface area contributed by atoms with Crippen LogP contribution in [0.3, 0.4) is 0 Å². The van der Waals surface area contributed by atoms with Crippen LogP contribution in [0.25, 0.3) is 0 Å². The summed E-state index contributed by atoms with van der Waals surface area (Å²) in [5.74, 6) is 0.895. The van der Waals surface area contributed by atoms with E-state index in [1.807, 2.05) is 49.9 Å². The molecule has 0 aromatic heterocycles. The first-order chi connectivity index (χ1) is 14.4.